The molecule has 0 radical (unpaired) electrons. The molecule has 182 valence electrons. The topological polar surface area (TPSA) is 40.5 Å². The second-order valence-corrected chi connectivity index (χ2v) is 5.63. The summed E-state index contributed by atoms with van der Waals surface area (Å²) in [4.78, 5) is 0. The van der Waals surface area contributed by atoms with Gasteiger partial charge < -0.3 is 10.2 Å². The molecule has 0 rings (SSSR count). The molecule has 0 unspecified atom stereocenters. The van der Waals surface area contributed by atoms with E-state index in [4.69, 9.17) is 10.2 Å². The van der Waals surface area contributed by atoms with E-state index < -0.39 is 66.8 Å². The number of alkyl halides is 17. The van der Waals surface area contributed by atoms with E-state index in [1.54, 1.807) is 0 Å². The fourth-order valence-electron chi connectivity index (χ4n) is 1.72. The van der Waals surface area contributed by atoms with E-state index in [1.807, 2.05) is 0 Å². The van der Waals surface area contributed by atoms with Gasteiger partial charge in [-0.25, -0.2) is 0 Å². The number of aliphatic hydroxyl groups excluding tert-OH is 2. The highest BCUT2D eigenvalue weighted by molar-refractivity contribution is 5.15. The fourth-order valence-corrected chi connectivity index (χ4v) is 1.72. The van der Waals surface area contributed by atoms with Gasteiger partial charge in [0, 0.05) is 0 Å². The first-order chi connectivity index (χ1) is 12.8. The van der Waals surface area contributed by atoms with Crippen LogP contribution in [0.15, 0.2) is 0 Å². The van der Waals surface area contributed by atoms with Crippen LogP contribution < -0.4 is 0 Å². The molecule has 0 atom stereocenters. The predicted molar refractivity (Wildman–Crippen MR) is 58.3 cm³/mol. The lowest BCUT2D eigenvalue weighted by atomic mass is 9.85. The zero-order valence-electron chi connectivity index (χ0n) is 13.3. The molecular formula is C11H7F17O2. The maximum absolute atomic E-state index is 13.4. The molecule has 2 nitrogen and oxygen atoms in total. The highest BCUT2D eigenvalue weighted by Crippen LogP contribution is 2.64. The highest BCUT2D eigenvalue weighted by atomic mass is 19.4. The van der Waals surface area contributed by atoms with Crippen molar-refractivity contribution in [2.24, 2.45) is 5.92 Å². The average molecular weight is 494 g/mol. The van der Waals surface area contributed by atoms with Gasteiger partial charge >= 0.3 is 47.6 Å². The molecule has 0 aliphatic carbocycles. The molecule has 0 heterocycles. The van der Waals surface area contributed by atoms with Crippen LogP contribution in [0.3, 0.4) is 0 Å². The molecule has 0 spiro atoms. The summed E-state index contributed by atoms with van der Waals surface area (Å²) < 4.78 is 219. The lowest BCUT2D eigenvalue weighted by Crippen LogP contribution is -2.75. The minimum absolute atomic E-state index is 2.40. The summed E-state index contributed by atoms with van der Waals surface area (Å²) in [5.74, 6) is -61.1. The summed E-state index contributed by atoms with van der Waals surface area (Å²) >= 11 is 0. The van der Waals surface area contributed by atoms with Crippen molar-refractivity contribution in [1.29, 1.82) is 0 Å². The largest absolute Gasteiger partial charge is 0.460 e. The van der Waals surface area contributed by atoms with Crippen molar-refractivity contribution in [3.63, 3.8) is 0 Å². The normalized spacial score (nSPS) is 16.4. The Labute approximate surface area is 153 Å². The molecule has 0 saturated carbocycles. The summed E-state index contributed by atoms with van der Waals surface area (Å²) in [5.41, 5.74) is 0. The van der Waals surface area contributed by atoms with Gasteiger partial charge in [-0.15, -0.1) is 0 Å². The molecular weight excluding hydrogens is 487 g/mol. The molecule has 0 aliphatic heterocycles. The van der Waals surface area contributed by atoms with Crippen LogP contribution in [0, 0.1) is 5.92 Å². The van der Waals surface area contributed by atoms with Gasteiger partial charge in [-0.3, -0.25) is 0 Å². The van der Waals surface area contributed by atoms with Crippen LogP contribution in [0.25, 0.3) is 0 Å². The molecule has 0 bridgehead atoms. The molecule has 0 aliphatic rings. The molecule has 30 heavy (non-hydrogen) atoms. The Morgan fingerprint density at radius 2 is 0.633 bits per heavy atom. The number of halogens is 17. The van der Waals surface area contributed by atoms with Gasteiger partial charge in [0.15, 0.2) is 0 Å². The van der Waals surface area contributed by atoms with Crippen molar-refractivity contribution >= 4 is 0 Å². The maximum atomic E-state index is 13.4. The van der Waals surface area contributed by atoms with Gasteiger partial charge in [0.05, 0.1) is 19.1 Å². The molecule has 2 N–H and O–H groups in total. The number of hydrogen-bond donors (Lipinski definition) is 2. The average Bonchev–Trinajstić information content (AvgIpc) is 2.53. The van der Waals surface area contributed by atoms with Crippen molar-refractivity contribution in [3.05, 3.63) is 0 Å². The van der Waals surface area contributed by atoms with Crippen molar-refractivity contribution in [3.8, 4) is 0 Å². The molecule has 0 aromatic carbocycles. The van der Waals surface area contributed by atoms with Crippen molar-refractivity contribution < 1.29 is 84.9 Å². The first-order valence-corrected chi connectivity index (χ1v) is 6.70. The summed E-state index contributed by atoms with van der Waals surface area (Å²) in [5, 5.41) is 16.6. The third-order valence-electron chi connectivity index (χ3n) is 3.70. The van der Waals surface area contributed by atoms with Crippen LogP contribution in [0.5, 0.6) is 0 Å². The predicted octanol–water partition coefficient (Wildman–Crippen LogP) is 4.60. The lowest BCUT2D eigenvalue weighted by Gasteiger charge is -2.43. The summed E-state index contributed by atoms with van der Waals surface area (Å²) in [6, 6.07) is 0. The Bertz CT molecular complexity index is 603. The van der Waals surface area contributed by atoms with Crippen LogP contribution in [-0.2, 0) is 0 Å². The second-order valence-electron chi connectivity index (χ2n) is 5.63. The maximum Gasteiger partial charge on any atom is 0.460 e. The highest BCUT2D eigenvalue weighted by Gasteiger charge is 2.95. The van der Waals surface area contributed by atoms with Gasteiger partial charge in [-0.1, -0.05) is 0 Å². The number of rotatable bonds is 9. The zero-order valence-corrected chi connectivity index (χ0v) is 13.3. The van der Waals surface area contributed by atoms with Crippen LogP contribution in [0.4, 0.5) is 74.6 Å². The number of aliphatic hydroxyl groups is 2. The molecule has 0 aromatic rings. The molecule has 0 fully saturated rings. The first kappa shape index (κ1) is 28.7. The van der Waals surface area contributed by atoms with E-state index in [2.05, 4.69) is 0 Å². The van der Waals surface area contributed by atoms with E-state index in [9.17, 15) is 74.6 Å². The van der Waals surface area contributed by atoms with E-state index in [1.165, 1.54) is 0 Å². The molecule has 0 amide bonds. The Balaban J connectivity index is 6.77. The van der Waals surface area contributed by atoms with E-state index in [0.29, 0.717) is 0 Å². The number of hydrogen-bond acceptors (Lipinski definition) is 2. The van der Waals surface area contributed by atoms with E-state index >= 15 is 0 Å². The molecule has 19 heteroatoms. The summed E-state index contributed by atoms with van der Waals surface area (Å²) in [7, 11) is 0. The van der Waals surface area contributed by atoms with Gasteiger partial charge in [-0.2, -0.15) is 74.6 Å². The first-order valence-electron chi connectivity index (χ1n) is 6.70. The fraction of sp³-hybridized carbons (Fsp3) is 1.00. The third kappa shape index (κ3) is 3.44. The summed E-state index contributed by atoms with van der Waals surface area (Å²) in [6.07, 6.45) is -7.81. The van der Waals surface area contributed by atoms with Crippen LogP contribution >= 0.6 is 0 Å². The van der Waals surface area contributed by atoms with Gasteiger partial charge in [-0.05, 0) is 0 Å². The Morgan fingerprint density at radius 3 is 0.867 bits per heavy atom. The standard InChI is InChI=1S/C11H7F17O2/c12-4(13,3(1-29)2-30)5(14,15)6(16,17)7(18,19)8(20,21)9(22,23)10(24,25)11(26,27)28/h3,29-30H,1-2H2. The van der Waals surface area contributed by atoms with Gasteiger partial charge in [0.25, 0.3) is 0 Å². The van der Waals surface area contributed by atoms with Gasteiger partial charge in [0.1, 0.15) is 0 Å². The molecule has 0 saturated heterocycles. The SMILES string of the molecule is OCC(CO)C(F)(F)C(F)(F)C(F)(F)C(F)(F)C(F)(F)C(F)(F)C(F)(F)C(F)(F)F. The minimum Gasteiger partial charge on any atom is -0.396 e. The van der Waals surface area contributed by atoms with Crippen molar-refractivity contribution in [2.75, 3.05) is 13.2 Å². The Hall–Kier alpha value is -1.27. The van der Waals surface area contributed by atoms with Crippen molar-refractivity contribution in [1.82, 2.24) is 0 Å². The van der Waals surface area contributed by atoms with E-state index in [0.717, 1.165) is 0 Å². The van der Waals surface area contributed by atoms with Crippen molar-refractivity contribution in [2.45, 2.75) is 47.6 Å². The Kier molecular flexibility index (Phi) is 7.09. The van der Waals surface area contributed by atoms with Crippen LogP contribution in [-0.4, -0.2) is 71.1 Å². The zero-order chi connectivity index (χ0) is 25.0. The Morgan fingerprint density at radius 1 is 0.400 bits per heavy atom. The summed E-state index contributed by atoms with van der Waals surface area (Å²) in [6.45, 7) is -4.81. The smallest absolute Gasteiger partial charge is 0.396 e. The monoisotopic (exact) mass is 494 g/mol. The van der Waals surface area contributed by atoms with E-state index in [-0.39, 0.29) is 0 Å². The lowest BCUT2D eigenvalue weighted by molar-refractivity contribution is -0.463. The third-order valence-corrected chi connectivity index (χ3v) is 3.70. The quantitative estimate of drug-likeness (QED) is 0.461. The second kappa shape index (κ2) is 7.40. The van der Waals surface area contributed by atoms with Crippen LogP contribution in [0.2, 0.25) is 0 Å². The van der Waals surface area contributed by atoms with Gasteiger partial charge in [0.2, 0.25) is 0 Å². The van der Waals surface area contributed by atoms with Crippen LogP contribution in [0.1, 0.15) is 0 Å². The minimum atomic E-state index is -8.70. The molecule has 0 aromatic heterocycles.